The Morgan fingerprint density at radius 2 is 2.00 bits per heavy atom. The van der Waals surface area contributed by atoms with Gasteiger partial charge in [0, 0.05) is 18.1 Å². The molecule has 1 aromatic rings. The molecule has 0 atom stereocenters. The van der Waals surface area contributed by atoms with Crippen molar-refractivity contribution in [2.45, 2.75) is 31.7 Å². The first kappa shape index (κ1) is 15.4. The van der Waals surface area contributed by atoms with Gasteiger partial charge in [0.2, 0.25) is 10.0 Å². The Morgan fingerprint density at radius 1 is 1.28 bits per heavy atom. The predicted octanol–water partition coefficient (Wildman–Crippen LogP) is 2.14. The van der Waals surface area contributed by atoms with Gasteiger partial charge < -0.3 is 5.32 Å². The third kappa shape index (κ3) is 4.24. The van der Waals surface area contributed by atoms with E-state index in [0.717, 1.165) is 18.5 Å². The smallest absolute Gasteiger partial charge is 0.240 e. The van der Waals surface area contributed by atoms with Gasteiger partial charge in [-0.05, 0) is 30.7 Å². The lowest BCUT2D eigenvalue weighted by molar-refractivity contribution is 0.584. The van der Waals surface area contributed by atoms with Crippen molar-refractivity contribution >= 4 is 21.6 Å². The van der Waals surface area contributed by atoms with Gasteiger partial charge in [-0.15, -0.1) is 0 Å². The maximum Gasteiger partial charge on any atom is 0.240 e. The minimum Gasteiger partial charge on any atom is -0.313 e. The van der Waals surface area contributed by atoms with E-state index in [-0.39, 0.29) is 4.90 Å². The summed E-state index contributed by atoms with van der Waals surface area (Å²) in [7, 11) is -3.43. The molecule has 0 aromatic heterocycles. The molecule has 0 aliphatic heterocycles. The van der Waals surface area contributed by atoms with Crippen molar-refractivity contribution in [1.82, 2.24) is 10.0 Å². The van der Waals surface area contributed by atoms with Crippen LogP contribution in [-0.2, 0) is 16.6 Å². The van der Waals surface area contributed by atoms with Crippen LogP contribution in [0.15, 0.2) is 23.1 Å². The highest BCUT2D eigenvalue weighted by Crippen LogP contribution is 2.20. The first-order valence-corrected chi connectivity index (χ1v) is 7.86. The number of nitrogens with one attached hydrogen (secondary N) is 2. The fraction of sp³-hybridized carbons (Fsp3) is 0.500. The second-order valence-corrected chi connectivity index (χ2v) is 6.11. The third-order valence-corrected chi connectivity index (χ3v) is 4.31. The zero-order valence-electron chi connectivity index (χ0n) is 10.7. The molecule has 0 aliphatic rings. The Balaban J connectivity index is 2.85. The average Bonchev–Trinajstić information content (AvgIpc) is 2.31. The highest BCUT2D eigenvalue weighted by molar-refractivity contribution is 7.89. The van der Waals surface area contributed by atoms with Gasteiger partial charge in [-0.3, -0.25) is 0 Å². The van der Waals surface area contributed by atoms with Crippen LogP contribution in [0, 0.1) is 0 Å². The molecule has 1 aromatic carbocycles. The molecule has 0 amide bonds. The number of sulfonamides is 1. The summed E-state index contributed by atoms with van der Waals surface area (Å²) in [5.41, 5.74) is 0.903. The second-order valence-electron chi connectivity index (χ2n) is 3.93. The third-order valence-electron chi connectivity index (χ3n) is 2.41. The van der Waals surface area contributed by atoms with Crippen molar-refractivity contribution in [2.75, 3.05) is 13.1 Å². The molecule has 0 fully saturated rings. The van der Waals surface area contributed by atoms with E-state index in [1.54, 1.807) is 19.1 Å². The molecule has 102 valence electrons. The van der Waals surface area contributed by atoms with Gasteiger partial charge in [0.1, 0.15) is 0 Å². The molecular formula is C12H19ClN2O2S. The molecule has 0 heterocycles. The van der Waals surface area contributed by atoms with Gasteiger partial charge in [0.25, 0.3) is 0 Å². The molecule has 0 unspecified atom stereocenters. The first-order chi connectivity index (χ1) is 8.51. The Morgan fingerprint density at radius 3 is 2.56 bits per heavy atom. The van der Waals surface area contributed by atoms with Gasteiger partial charge in [0.15, 0.2) is 0 Å². The summed E-state index contributed by atoms with van der Waals surface area (Å²) in [5, 5.41) is 3.70. The van der Waals surface area contributed by atoms with E-state index in [4.69, 9.17) is 11.6 Å². The fourth-order valence-electron chi connectivity index (χ4n) is 1.51. The van der Waals surface area contributed by atoms with Crippen molar-refractivity contribution in [2.24, 2.45) is 0 Å². The van der Waals surface area contributed by atoms with Crippen LogP contribution < -0.4 is 10.0 Å². The van der Waals surface area contributed by atoms with Crippen LogP contribution >= 0.6 is 11.6 Å². The molecule has 4 nitrogen and oxygen atoms in total. The number of hydrogen-bond acceptors (Lipinski definition) is 3. The summed E-state index contributed by atoms with van der Waals surface area (Å²) < 4.78 is 26.0. The van der Waals surface area contributed by atoms with Gasteiger partial charge in [-0.1, -0.05) is 31.5 Å². The monoisotopic (exact) mass is 290 g/mol. The largest absolute Gasteiger partial charge is 0.313 e. The molecular weight excluding hydrogens is 272 g/mol. The predicted molar refractivity (Wildman–Crippen MR) is 74.3 cm³/mol. The van der Waals surface area contributed by atoms with E-state index < -0.39 is 10.0 Å². The molecule has 1 rings (SSSR count). The van der Waals surface area contributed by atoms with Crippen molar-refractivity contribution in [3.05, 3.63) is 28.8 Å². The Bertz CT molecular complexity index is 489. The average molecular weight is 291 g/mol. The quantitative estimate of drug-likeness (QED) is 0.757. The lowest BCUT2D eigenvalue weighted by Gasteiger charge is -2.09. The summed E-state index contributed by atoms with van der Waals surface area (Å²) in [4.78, 5) is 0.202. The molecule has 18 heavy (non-hydrogen) atoms. The van der Waals surface area contributed by atoms with Crippen LogP contribution in [0.2, 0.25) is 5.02 Å². The van der Waals surface area contributed by atoms with Crippen LogP contribution in [0.3, 0.4) is 0 Å². The topological polar surface area (TPSA) is 58.2 Å². The Hall–Kier alpha value is -0.620. The number of hydrogen-bond donors (Lipinski definition) is 2. The summed E-state index contributed by atoms with van der Waals surface area (Å²) in [6.07, 6.45) is 1.05. The number of benzene rings is 1. The lowest BCUT2D eigenvalue weighted by atomic mass is 10.2. The van der Waals surface area contributed by atoms with Crippen LogP contribution in [0.1, 0.15) is 25.8 Å². The summed E-state index contributed by atoms with van der Waals surface area (Å²) in [6.45, 7) is 5.74. The summed E-state index contributed by atoms with van der Waals surface area (Å²) in [5.74, 6) is 0. The zero-order chi connectivity index (χ0) is 13.6. The summed E-state index contributed by atoms with van der Waals surface area (Å²) in [6, 6.07) is 4.81. The maximum absolute atomic E-state index is 11.8. The van der Waals surface area contributed by atoms with Crippen molar-refractivity contribution < 1.29 is 8.42 Å². The number of halogens is 1. The molecule has 0 bridgehead atoms. The van der Waals surface area contributed by atoms with E-state index >= 15 is 0 Å². The van der Waals surface area contributed by atoms with Crippen LogP contribution in [0.25, 0.3) is 0 Å². The minimum absolute atomic E-state index is 0.202. The van der Waals surface area contributed by atoms with Crippen LogP contribution in [-0.4, -0.2) is 21.5 Å². The minimum atomic E-state index is -3.43. The molecule has 0 spiro atoms. The van der Waals surface area contributed by atoms with Gasteiger partial charge in [-0.2, -0.15) is 0 Å². The van der Waals surface area contributed by atoms with Gasteiger partial charge >= 0.3 is 0 Å². The Labute approximate surface area is 114 Å². The normalized spacial score (nSPS) is 11.7. The molecule has 2 N–H and O–H groups in total. The standard InChI is InChI=1S/C12H19ClN2O2S/c1-3-7-14-9-10-5-6-11(8-12(10)13)18(16,17)15-4-2/h5-6,8,14-15H,3-4,7,9H2,1-2H3. The molecule has 0 saturated heterocycles. The zero-order valence-corrected chi connectivity index (χ0v) is 12.2. The van der Waals surface area contributed by atoms with E-state index in [2.05, 4.69) is 17.0 Å². The Kier molecular flexibility index (Phi) is 6.08. The van der Waals surface area contributed by atoms with E-state index in [1.807, 2.05) is 0 Å². The highest BCUT2D eigenvalue weighted by atomic mass is 35.5. The lowest BCUT2D eigenvalue weighted by Crippen LogP contribution is -2.23. The molecule has 6 heteroatoms. The van der Waals surface area contributed by atoms with Crippen LogP contribution in [0.5, 0.6) is 0 Å². The van der Waals surface area contributed by atoms with E-state index in [0.29, 0.717) is 18.1 Å². The molecule has 0 radical (unpaired) electrons. The SMILES string of the molecule is CCCNCc1ccc(S(=O)(=O)NCC)cc1Cl. The van der Waals surface area contributed by atoms with E-state index in [9.17, 15) is 8.42 Å². The highest BCUT2D eigenvalue weighted by Gasteiger charge is 2.14. The summed E-state index contributed by atoms with van der Waals surface area (Å²) >= 11 is 6.08. The van der Waals surface area contributed by atoms with E-state index in [1.165, 1.54) is 6.07 Å². The van der Waals surface area contributed by atoms with Crippen LogP contribution in [0.4, 0.5) is 0 Å². The fourth-order valence-corrected chi connectivity index (χ4v) is 2.89. The molecule has 0 aliphatic carbocycles. The maximum atomic E-state index is 11.8. The van der Waals surface area contributed by atoms with Crippen molar-refractivity contribution in [3.63, 3.8) is 0 Å². The van der Waals surface area contributed by atoms with Gasteiger partial charge in [-0.25, -0.2) is 13.1 Å². The van der Waals surface area contributed by atoms with Crippen molar-refractivity contribution in [3.8, 4) is 0 Å². The van der Waals surface area contributed by atoms with Gasteiger partial charge in [0.05, 0.1) is 4.90 Å². The molecule has 0 saturated carbocycles. The van der Waals surface area contributed by atoms with Crippen molar-refractivity contribution in [1.29, 1.82) is 0 Å². The second kappa shape index (κ2) is 7.09. The number of rotatable bonds is 7. The first-order valence-electron chi connectivity index (χ1n) is 6.00.